The summed E-state index contributed by atoms with van der Waals surface area (Å²) in [6, 6.07) is 4.36. The molecule has 2 rings (SSSR count). The summed E-state index contributed by atoms with van der Waals surface area (Å²) in [6.07, 6.45) is 1.97. The summed E-state index contributed by atoms with van der Waals surface area (Å²) in [5.74, 6) is 0.283. The SMILES string of the molecule is CC(CN)(NS(=O)(=O)c1cc(Cl)ccc1Cl)C1CC1. The topological polar surface area (TPSA) is 72.2 Å². The van der Waals surface area contributed by atoms with Crippen LogP contribution in [0.1, 0.15) is 19.8 Å². The standard InChI is InChI=1S/C12H16Cl2N2O2S/c1-12(7-15,8-2-3-8)16-19(17,18)11-6-9(13)4-5-10(11)14/h4-6,8,16H,2-3,7,15H2,1H3. The summed E-state index contributed by atoms with van der Waals surface area (Å²) < 4.78 is 27.5. The van der Waals surface area contributed by atoms with Gasteiger partial charge in [-0.25, -0.2) is 13.1 Å². The van der Waals surface area contributed by atoms with Gasteiger partial charge in [-0.1, -0.05) is 23.2 Å². The Morgan fingerprint density at radius 2 is 2.05 bits per heavy atom. The summed E-state index contributed by atoms with van der Waals surface area (Å²) in [7, 11) is -3.73. The minimum atomic E-state index is -3.73. The highest BCUT2D eigenvalue weighted by molar-refractivity contribution is 7.89. The summed E-state index contributed by atoms with van der Waals surface area (Å²) in [5.41, 5.74) is 5.08. The molecule has 1 aliphatic carbocycles. The van der Waals surface area contributed by atoms with Gasteiger partial charge in [0.2, 0.25) is 10.0 Å². The molecule has 0 aliphatic heterocycles. The molecule has 7 heteroatoms. The third kappa shape index (κ3) is 3.23. The van der Waals surface area contributed by atoms with Gasteiger partial charge in [0.25, 0.3) is 0 Å². The second-order valence-corrected chi connectivity index (χ2v) is 7.57. The molecule has 4 nitrogen and oxygen atoms in total. The molecule has 0 heterocycles. The van der Waals surface area contributed by atoms with E-state index in [0.29, 0.717) is 5.02 Å². The van der Waals surface area contributed by atoms with Gasteiger partial charge in [0.15, 0.2) is 0 Å². The Kier molecular flexibility index (Phi) is 4.14. The summed E-state index contributed by atoms with van der Waals surface area (Å²) in [6.45, 7) is 2.07. The third-order valence-electron chi connectivity index (χ3n) is 3.45. The van der Waals surface area contributed by atoms with E-state index >= 15 is 0 Å². The molecular weight excluding hydrogens is 307 g/mol. The zero-order valence-corrected chi connectivity index (χ0v) is 12.8. The lowest BCUT2D eigenvalue weighted by molar-refractivity contribution is 0.374. The van der Waals surface area contributed by atoms with Gasteiger partial charge in [-0.3, -0.25) is 0 Å². The van der Waals surface area contributed by atoms with Crippen LogP contribution in [0.3, 0.4) is 0 Å². The number of nitrogens with two attached hydrogens (primary N) is 1. The Labute approximate surface area is 123 Å². The Morgan fingerprint density at radius 1 is 1.42 bits per heavy atom. The maximum Gasteiger partial charge on any atom is 0.242 e. The first kappa shape index (κ1) is 15.1. The average Bonchev–Trinajstić information content (AvgIpc) is 3.15. The molecule has 0 aromatic heterocycles. The monoisotopic (exact) mass is 322 g/mol. The Morgan fingerprint density at radius 3 is 2.58 bits per heavy atom. The van der Waals surface area contributed by atoms with Gasteiger partial charge in [-0.05, 0) is 43.9 Å². The number of halogens is 2. The first-order chi connectivity index (χ1) is 8.78. The summed E-state index contributed by atoms with van der Waals surface area (Å²) in [4.78, 5) is -0.0120. The van der Waals surface area contributed by atoms with E-state index in [1.807, 2.05) is 6.92 Å². The third-order valence-corrected chi connectivity index (χ3v) is 5.78. The van der Waals surface area contributed by atoms with Crippen LogP contribution in [0.2, 0.25) is 10.0 Å². The van der Waals surface area contributed by atoms with Crippen LogP contribution in [-0.4, -0.2) is 20.5 Å². The maximum absolute atomic E-state index is 12.4. The van der Waals surface area contributed by atoms with Crippen molar-refractivity contribution >= 4 is 33.2 Å². The van der Waals surface area contributed by atoms with Crippen LogP contribution in [0, 0.1) is 5.92 Å². The molecule has 19 heavy (non-hydrogen) atoms. The van der Waals surface area contributed by atoms with Gasteiger partial charge in [0, 0.05) is 17.1 Å². The van der Waals surface area contributed by atoms with Crippen molar-refractivity contribution in [1.29, 1.82) is 0 Å². The van der Waals surface area contributed by atoms with E-state index < -0.39 is 15.6 Å². The van der Waals surface area contributed by atoms with Crippen molar-refractivity contribution < 1.29 is 8.42 Å². The largest absolute Gasteiger partial charge is 0.329 e. The highest BCUT2D eigenvalue weighted by Gasteiger charge is 2.43. The van der Waals surface area contributed by atoms with Crippen molar-refractivity contribution in [1.82, 2.24) is 4.72 Å². The van der Waals surface area contributed by atoms with Gasteiger partial charge in [-0.15, -0.1) is 0 Å². The molecule has 1 aromatic carbocycles. The molecule has 1 aromatic rings. The first-order valence-electron chi connectivity index (χ1n) is 5.97. The normalized spacial score (nSPS) is 19.2. The van der Waals surface area contributed by atoms with Crippen LogP contribution in [0.25, 0.3) is 0 Å². The van der Waals surface area contributed by atoms with E-state index in [0.717, 1.165) is 12.8 Å². The van der Waals surface area contributed by atoms with Crippen molar-refractivity contribution in [2.75, 3.05) is 6.54 Å². The maximum atomic E-state index is 12.4. The minimum absolute atomic E-state index is 0.0120. The second-order valence-electron chi connectivity index (χ2n) is 5.08. The number of sulfonamides is 1. The first-order valence-corrected chi connectivity index (χ1v) is 8.21. The van der Waals surface area contributed by atoms with Crippen molar-refractivity contribution in [2.45, 2.75) is 30.2 Å². The highest BCUT2D eigenvalue weighted by atomic mass is 35.5. The Hall–Kier alpha value is -0.330. The predicted octanol–water partition coefficient (Wildman–Crippen LogP) is 2.40. The van der Waals surface area contributed by atoms with E-state index in [4.69, 9.17) is 28.9 Å². The average molecular weight is 323 g/mol. The molecule has 0 amide bonds. The Balaban J connectivity index is 2.34. The summed E-state index contributed by atoms with van der Waals surface area (Å²) in [5, 5.41) is 0.470. The van der Waals surface area contributed by atoms with Crippen molar-refractivity contribution in [3.63, 3.8) is 0 Å². The minimum Gasteiger partial charge on any atom is -0.329 e. The summed E-state index contributed by atoms with van der Waals surface area (Å²) >= 11 is 11.8. The molecule has 1 atom stereocenters. The number of nitrogens with one attached hydrogen (secondary N) is 1. The van der Waals surface area contributed by atoms with Crippen LogP contribution in [0.4, 0.5) is 0 Å². The molecule has 1 saturated carbocycles. The number of hydrogen-bond donors (Lipinski definition) is 2. The smallest absolute Gasteiger partial charge is 0.242 e. The van der Waals surface area contributed by atoms with Gasteiger partial charge in [0.1, 0.15) is 4.90 Å². The molecular formula is C12H16Cl2N2O2S. The molecule has 1 fully saturated rings. The highest BCUT2D eigenvalue weighted by Crippen LogP contribution is 2.40. The van der Waals surface area contributed by atoms with E-state index in [9.17, 15) is 8.42 Å². The van der Waals surface area contributed by atoms with Crippen LogP contribution < -0.4 is 10.5 Å². The van der Waals surface area contributed by atoms with Gasteiger partial charge in [-0.2, -0.15) is 0 Å². The molecule has 0 bridgehead atoms. The van der Waals surface area contributed by atoms with E-state index in [1.165, 1.54) is 12.1 Å². The predicted molar refractivity (Wildman–Crippen MR) is 77.0 cm³/mol. The quantitative estimate of drug-likeness (QED) is 0.874. The molecule has 1 aliphatic rings. The van der Waals surface area contributed by atoms with E-state index in [2.05, 4.69) is 4.72 Å². The van der Waals surface area contributed by atoms with Gasteiger partial charge < -0.3 is 5.73 Å². The van der Waals surface area contributed by atoms with Crippen molar-refractivity contribution in [3.8, 4) is 0 Å². The lowest BCUT2D eigenvalue weighted by Crippen LogP contribution is -2.53. The number of benzene rings is 1. The van der Waals surface area contributed by atoms with E-state index in [-0.39, 0.29) is 22.4 Å². The molecule has 0 saturated heterocycles. The van der Waals surface area contributed by atoms with Gasteiger partial charge in [0.05, 0.1) is 5.02 Å². The zero-order valence-electron chi connectivity index (χ0n) is 10.5. The molecule has 1 unspecified atom stereocenters. The van der Waals surface area contributed by atoms with Crippen molar-refractivity contribution in [2.24, 2.45) is 11.7 Å². The molecule has 0 radical (unpaired) electrons. The van der Waals surface area contributed by atoms with Crippen LogP contribution in [-0.2, 0) is 10.0 Å². The van der Waals surface area contributed by atoms with Crippen LogP contribution in [0.5, 0.6) is 0 Å². The van der Waals surface area contributed by atoms with Crippen LogP contribution in [0.15, 0.2) is 23.1 Å². The fourth-order valence-electron chi connectivity index (χ4n) is 2.06. The zero-order chi connectivity index (χ0) is 14.3. The second kappa shape index (κ2) is 5.22. The molecule has 3 N–H and O–H groups in total. The lowest BCUT2D eigenvalue weighted by atomic mass is 9.98. The number of hydrogen-bond acceptors (Lipinski definition) is 3. The van der Waals surface area contributed by atoms with Crippen LogP contribution >= 0.6 is 23.2 Å². The van der Waals surface area contributed by atoms with Gasteiger partial charge >= 0.3 is 0 Å². The lowest BCUT2D eigenvalue weighted by Gasteiger charge is -2.29. The van der Waals surface area contributed by atoms with E-state index in [1.54, 1.807) is 6.07 Å². The molecule has 0 spiro atoms. The fraction of sp³-hybridized carbons (Fsp3) is 0.500. The van der Waals surface area contributed by atoms with Crippen molar-refractivity contribution in [3.05, 3.63) is 28.2 Å². The fourth-order valence-corrected chi connectivity index (χ4v) is 4.30. The molecule has 106 valence electrons. The number of rotatable bonds is 5. The Bertz CT molecular complexity index is 587.